The van der Waals surface area contributed by atoms with Gasteiger partial charge in [0.25, 0.3) is 5.91 Å². The van der Waals surface area contributed by atoms with Gasteiger partial charge in [0, 0.05) is 25.2 Å². The van der Waals surface area contributed by atoms with Gasteiger partial charge < -0.3 is 10.0 Å². The molecule has 1 heterocycles. The molecule has 29 heavy (non-hydrogen) atoms. The van der Waals surface area contributed by atoms with Crippen molar-refractivity contribution >= 4 is 62.7 Å². The Balaban J connectivity index is 2.02. The van der Waals surface area contributed by atoms with Crippen molar-refractivity contribution in [2.75, 3.05) is 19.0 Å². The molecule has 0 saturated carbocycles. The zero-order valence-corrected chi connectivity index (χ0v) is 18.5. The number of fused-ring (bicyclic) bond motifs is 1. The summed E-state index contributed by atoms with van der Waals surface area (Å²) in [5.74, 6) is -1.24. The van der Waals surface area contributed by atoms with E-state index in [-0.39, 0.29) is 11.8 Å². The van der Waals surface area contributed by atoms with Crippen LogP contribution in [-0.2, 0) is 9.59 Å². The van der Waals surface area contributed by atoms with E-state index in [9.17, 15) is 14.7 Å². The second-order valence-corrected chi connectivity index (χ2v) is 9.32. The number of nitrogens with zero attached hydrogens (tertiary/aromatic N) is 2. The molecule has 0 bridgehead atoms. The molecule has 0 spiro atoms. The van der Waals surface area contributed by atoms with Gasteiger partial charge in [-0.05, 0) is 35.4 Å². The van der Waals surface area contributed by atoms with E-state index in [0.717, 1.165) is 33.8 Å². The van der Waals surface area contributed by atoms with Crippen LogP contribution in [0.4, 0.5) is 5.69 Å². The van der Waals surface area contributed by atoms with E-state index in [0.29, 0.717) is 15.6 Å². The predicted molar refractivity (Wildman–Crippen MR) is 124 cm³/mol. The average molecular weight is 429 g/mol. The molecule has 3 rings (SSSR count). The largest absolute Gasteiger partial charge is 0.480 e. The summed E-state index contributed by atoms with van der Waals surface area (Å²) in [6.45, 7) is 3.86. The Labute approximate surface area is 180 Å². The smallest absolute Gasteiger partial charge is 0.326 e. The fraction of sp³-hybridized carbons (Fsp3) is 0.318. The fourth-order valence-electron chi connectivity index (χ4n) is 3.48. The zero-order chi connectivity index (χ0) is 21.3. The summed E-state index contributed by atoms with van der Waals surface area (Å²) < 4.78 is 0.295. The number of benzene rings is 2. The van der Waals surface area contributed by atoms with Crippen LogP contribution in [0.15, 0.2) is 41.3 Å². The van der Waals surface area contributed by atoms with Gasteiger partial charge in [-0.1, -0.05) is 68.2 Å². The van der Waals surface area contributed by atoms with Gasteiger partial charge >= 0.3 is 5.97 Å². The Morgan fingerprint density at radius 3 is 2.45 bits per heavy atom. The Morgan fingerprint density at radius 2 is 1.86 bits per heavy atom. The molecule has 0 radical (unpaired) electrons. The van der Waals surface area contributed by atoms with Gasteiger partial charge in [-0.2, -0.15) is 0 Å². The molecular weight excluding hydrogens is 404 g/mol. The molecule has 1 atom stereocenters. The van der Waals surface area contributed by atoms with Gasteiger partial charge in [-0.3, -0.25) is 9.69 Å². The molecule has 1 saturated heterocycles. The van der Waals surface area contributed by atoms with Crippen LogP contribution < -0.4 is 4.90 Å². The number of hydrogen-bond donors (Lipinski definition) is 1. The van der Waals surface area contributed by atoms with Gasteiger partial charge in [0.15, 0.2) is 0 Å². The molecule has 1 N–H and O–H groups in total. The van der Waals surface area contributed by atoms with Crippen molar-refractivity contribution in [2.24, 2.45) is 5.92 Å². The predicted octanol–water partition coefficient (Wildman–Crippen LogP) is 4.61. The van der Waals surface area contributed by atoms with E-state index in [1.807, 2.05) is 64.4 Å². The number of carbonyl (C=O) groups excluding carboxylic acids is 1. The lowest BCUT2D eigenvalue weighted by molar-refractivity contribution is -0.145. The molecule has 5 nitrogen and oxygen atoms in total. The first-order valence-electron chi connectivity index (χ1n) is 9.39. The molecule has 1 aliphatic rings. The summed E-state index contributed by atoms with van der Waals surface area (Å²) >= 11 is 6.53. The number of hydrogen-bond acceptors (Lipinski definition) is 5. The lowest BCUT2D eigenvalue weighted by atomic mass is 10.0. The maximum absolute atomic E-state index is 13.0. The maximum Gasteiger partial charge on any atom is 0.326 e. The molecule has 1 fully saturated rings. The monoisotopic (exact) mass is 428 g/mol. The quantitative estimate of drug-likeness (QED) is 0.536. The van der Waals surface area contributed by atoms with Crippen LogP contribution in [0.25, 0.3) is 16.8 Å². The third kappa shape index (κ3) is 4.31. The Morgan fingerprint density at radius 1 is 1.21 bits per heavy atom. The van der Waals surface area contributed by atoms with Crippen LogP contribution >= 0.6 is 24.0 Å². The summed E-state index contributed by atoms with van der Waals surface area (Å²) in [5, 5.41) is 11.7. The highest BCUT2D eigenvalue weighted by molar-refractivity contribution is 8.26. The number of thioether (sulfide) groups is 1. The number of thiocarbonyl (C=S) groups is 1. The van der Waals surface area contributed by atoms with Gasteiger partial charge in [0.1, 0.15) is 10.4 Å². The Hall–Kier alpha value is -2.38. The summed E-state index contributed by atoms with van der Waals surface area (Å²) in [6, 6.07) is 11.1. The minimum absolute atomic E-state index is 0.132. The molecule has 152 valence electrons. The lowest BCUT2D eigenvalue weighted by Gasteiger charge is -2.24. The van der Waals surface area contributed by atoms with Gasteiger partial charge in [0.2, 0.25) is 0 Å². The standard InChI is InChI=1S/C22H24N2O3S2/c1-13(2)11-18(21(26)27)24-20(25)19(29-22(24)28)12-14-9-10-17(23(3)4)16-8-6-5-7-15(14)16/h5-10,12-13,18H,11H2,1-4H3,(H,26,27)/b19-12-/t18-/m0/s1. The first kappa shape index (κ1) is 21.3. The molecule has 7 heteroatoms. The van der Waals surface area contributed by atoms with E-state index >= 15 is 0 Å². The van der Waals surface area contributed by atoms with Crippen molar-refractivity contribution < 1.29 is 14.7 Å². The number of anilines is 1. The summed E-state index contributed by atoms with van der Waals surface area (Å²) in [4.78, 5) is 28.6. The fourth-order valence-corrected chi connectivity index (χ4v) is 4.82. The SMILES string of the molecule is CC(C)C[C@@H](C(=O)O)N1C(=O)/C(=C/c2ccc(N(C)C)c3ccccc23)SC1=S. The van der Waals surface area contributed by atoms with E-state index in [4.69, 9.17) is 12.2 Å². The van der Waals surface area contributed by atoms with Gasteiger partial charge in [-0.25, -0.2) is 4.79 Å². The molecule has 2 aromatic rings. The van der Waals surface area contributed by atoms with Crippen LogP contribution in [0.3, 0.4) is 0 Å². The number of rotatable bonds is 6. The number of carboxylic acids is 1. The molecule has 2 aromatic carbocycles. The van der Waals surface area contributed by atoms with Crippen LogP contribution in [0.2, 0.25) is 0 Å². The van der Waals surface area contributed by atoms with E-state index in [1.54, 1.807) is 0 Å². The minimum Gasteiger partial charge on any atom is -0.480 e. The topological polar surface area (TPSA) is 60.9 Å². The highest BCUT2D eigenvalue weighted by atomic mass is 32.2. The third-order valence-electron chi connectivity index (χ3n) is 4.82. The van der Waals surface area contributed by atoms with Crippen LogP contribution in [0.5, 0.6) is 0 Å². The summed E-state index contributed by atoms with van der Waals surface area (Å²) in [5.41, 5.74) is 2.00. The zero-order valence-electron chi connectivity index (χ0n) is 16.9. The first-order valence-corrected chi connectivity index (χ1v) is 10.6. The number of amides is 1. The van der Waals surface area contributed by atoms with Crippen molar-refractivity contribution in [2.45, 2.75) is 26.3 Å². The molecule has 0 unspecified atom stereocenters. The highest BCUT2D eigenvalue weighted by Gasteiger charge is 2.40. The number of carbonyl (C=O) groups is 2. The van der Waals surface area contributed by atoms with Crippen molar-refractivity contribution in [1.82, 2.24) is 4.90 Å². The van der Waals surface area contributed by atoms with Crippen molar-refractivity contribution in [3.8, 4) is 0 Å². The molecule has 1 amide bonds. The molecule has 0 aliphatic carbocycles. The van der Waals surface area contributed by atoms with Crippen molar-refractivity contribution in [1.29, 1.82) is 0 Å². The van der Waals surface area contributed by atoms with Crippen LogP contribution in [0, 0.1) is 5.92 Å². The average Bonchev–Trinajstić information content (AvgIpc) is 2.92. The van der Waals surface area contributed by atoms with Crippen molar-refractivity contribution in [3.63, 3.8) is 0 Å². The van der Waals surface area contributed by atoms with Crippen LogP contribution in [-0.4, -0.2) is 46.3 Å². The third-order valence-corrected chi connectivity index (χ3v) is 6.15. The normalized spacial score (nSPS) is 16.9. The van der Waals surface area contributed by atoms with E-state index in [2.05, 4.69) is 11.0 Å². The molecule has 1 aliphatic heterocycles. The summed E-state index contributed by atoms with van der Waals surface area (Å²) in [7, 11) is 3.99. The minimum atomic E-state index is -1.03. The number of carboxylic acid groups (broad SMARTS) is 1. The second-order valence-electron chi connectivity index (χ2n) is 7.65. The van der Waals surface area contributed by atoms with Crippen molar-refractivity contribution in [3.05, 3.63) is 46.9 Å². The lowest BCUT2D eigenvalue weighted by Crippen LogP contribution is -2.44. The molecule has 0 aromatic heterocycles. The Kier molecular flexibility index (Phi) is 6.29. The maximum atomic E-state index is 13.0. The first-order chi connectivity index (χ1) is 13.7. The van der Waals surface area contributed by atoms with Gasteiger partial charge in [-0.15, -0.1) is 0 Å². The molecular formula is C22H24N2O3S2. The second kappa shape index (κ2) is 8.55. The summed E-state index contributed by atoms with van der Waals surface area (Å²) in [6.07, 6.45) is 2.17. The van der Waals surface area contributed by atoms with E-state index < -0.39 is 12.0 Å². The van der Waals surface area contributed by atoms with Gasteiger partial charge in [0.05, 0.1) is 4.91 Å². The number of aliphatic carboxylic acids is 1. The highest BCUT2D eigenvalue weighted by Crippen LogP contribution is 2.37. The van der Waals surface area contributed by atoms with Crippen LogP contribution in [0.1, 0.15) is 25.8 Å². The van der Waals surface area contributed by atoms with E-state index in [1.165, 1.54) is 4.90 Å². The Bertz CT molecular complexity index is 1010.